The molecule has 15 heavy (non-hydrogen) atoms. The molecule has 86 valence electrons. The van der Waals surface area contributed by atoms with Gasteiger partial charge in [0.2, 0.25) is 0 Å². The van der Waals surface area contributed by atoms with Crippen LogP contribution in [0.15, 0.2) is 0 Å². The Hall–Kier alpha value is -1.26. The predicted octanol–water partition coefficient (Wildman–Crippen LogP) is 1.19. The number of nitrogens with zero attached hydrogens (tertiary/aromatic N) is 1. The van der Waals surface area contributed by atoms with Gasteiger partial charge in [0.15, 0.2) is 0 Å². The molecule has 0 aromatic heterocycles. The molecular formula is C10H17NO4. The van der Waals surface area contributed by atoms with Crippen molar-refractivity contribution in [2.45, 2.75) is 20.3 Å². The maximum atomic E-state index is 11.3. The lowest BCUT2D eigenvalue weighted by Crippen LogP contribution is -2.46. The van der Waals surface area contributed by atoms with Gasteiger partial charge in [-0.1, -0.05) is 13.8 Å². The van der Waals surface area contributed by atoms with E-state index in [2.05, 4.69) is 13.8 Å². The van der Waals surface area contributed by atoms with Crippen molar-refractivity contribution in [3.05, 3.63) is 0 Å². The Bertz CT molecular complexity index is 252. The molecule has 1 heterocycles. The van der Waals surface area contributed by atoms with Crippen LogP contribution in [0.1, 0.15) is 20.3 Å². The Morgan fingerprint density at radius 3 is 2.87 bits per heavy atom. The average molecular weight is 215 g/mol. The molecule has 1 aliphatic heterocycles. The summed E-state index contributed by atoms with van der Waals surface area (Å²) in [6.07, 6.45) is 0.467. The zero-order chi connectivity index (χ0) is 11.4. The quantitative estimate of drug-likeness (QED) is 0.764. The Morgan fingerprint density at radius 1 is 1.67 bits per heavy atom. The van der Waals surface area contributed by atoms with E-state index in [0.29, 0.717) is 12.5 Å². The number of hydrogen-bond donors (Lipinski definition) is 1. The molecule has 0 radical (unpaired) electrons. The summed E-state index contributed by atoms with van der Waals surface area (Å²) in [7, 11) is 0. The largest absolute Gasteiger partial charge is 0.481 e. The van der Waals surface area contributed by atoms with Crippen LogP contribution in [0.2, 0.25) is 0 Å². The van der Waals surface area contributed by atoms with Crippen LogP contribution < -0.4 is 0 Å². The van der Waals surface area contributed by atoms with Crippen molar-refractivity contribution in [2.24, 2.45) is 11.8 Å². The van der Waals surface area contributed by atoms with E-state index < -0.39 is 18.0 Å². The first-order valence-electron chi connectivity index (χ1n) is 5.15. The van der Waals surface area contributed by atoms with E-state index in [1.54, 1.807) is 0 Å². The summed E-state index contributed by atoms with van der Waals surface area (Å²) in [4.78, 5) is 23.5. The molecule has 1 N–H and O–H groups in total. The highest BCUT2D eigenvalue weighted by Crippen LogP contribution is 2.13. The van der Waals surface area contributed by atoms with Crippen molar-refractivity contribution in [1.29, 1.82) is 0 Å². The topological polar surface area (TPSA) is 66.8 Å². The fraction of sp³-hybridized carbons (Fsp3) is 0.800. The second-order valence-corrected chi connectivity index (χ2v) is 4.24. The highest BCUT2D eigenvalue weighted by Gasteiger charge is 2.31. The molecule has 1 unspecified atom stereocenters. The fourth-order valence-corrected chi connectivity index (χ4v) is 1.40. The van der Waals surface area contributed by atoms with Crippen molar-refractivity contribution in [1.82, 2.24) is 4.90 Å². The zero-order valence-electron chi connectivity index (χ0n) is 9.10. The third-order valence-electron chi connectivity index (χ3n) is 2.43. The van der Waals surface area contributed by atoms with Crippen LogP contribution in [-0.2, 0) is 9.53 Å². The molecular weight excluding hydrogens is 198 g/mol. The lowest BCUT2D eigenvalue weighted by molar-refractivity contribution is -0.145. The van der Waals surface area contributed by atoms with E-state index in [-0.39, 0.29) is 13.2 Å². The van der Waals surface area contributed by atoms with Crippen molar-refractivity contribution in [2.75, 3.05) is 19.7 Å². The van der Waals surface area contributed by atoms with Gasteiger partial charge in [-0.25, -0.2) is 4.79 Å². The van der Waals surface area contributed by atoms with Crippen molar-refractivity contribution in [3.63, 3.8) is 0 Å². The number of cyclic esters (lactones) is 1. The lowest BCUT2D eigenvalue weighted by Gasteiger charge is -2.30. The number of carboxylic acid groups (broad SMARTS) is 1. The first-order valence-corrected chi connectivity index (χ1v) is 5.15. The molecule has 0 saturated carbocycles. The van der Waals surface area contributed by atoms with Crippen LogP contribution in [0, 0.1) is 11.8 Å². The molecule has 0 aromatic rings. The smallest absolute Gasteiger partial charge is 0.409 e. The molecule has 0 aromatic carbocycles. The number of carbonyl (C=O) groups is 2. The van der Waals surface area contributed by atoms with Crippen LogP contribution in [0.25, 0.3) is 0 Å². The third kappa shape index (κ3) is 3.42. The highest BCUT2D eigenvalue weighted by molar-refractivity contribution is 5.75. The van der Waals surface area contributed by atoms with E-state index in [0.717, 1.165) is 6.42 Å². The Balaban J connectivity index is 2.46. The lowest BCUT2D eigenvalue weighted by atomic mass is 10.1. The van der Waals surface area contributed by atoms with Gasteiger partial charge in [-0.15, -0.1) is 0 Å². The van der Waals surface area contributed by atoms with Gasteiger partial charge in [-0.3, -0.25) is 4.79 Å². The van der Waals surface area contributed by atoms with Crippen LogP contribution in [0.4, 0.5) is 4.79 Å². The van der Waals surface area contributed by atoms with Crippen LogP contribution in [-0.4, -0.2) is 41.8 Å². The molecule has 0 aliphatic carbocycles. The van der Waals surface area contributed by atoms with Crippen molar-refractivity contribution >= 4 is 12.1 Å². The highest BCUT2D eigenvalue weighted by atomic mass is 16.6. The normalized spacial score (nSPS) is 21.7. The van der Waals surface area contributed by atoms with E-state index in [1.807, 2.05) is 0 Å². The Morgan fingerprint density at radius 2 is 2.33 bits per heavy atom. The third-order valence-corrected chi connectivity index (χ3v) is 2.43. The maximum absolute atomic E-state index is 11.3. The van der Waals surface area contributed by atoms with Crippen LogP contribution >= 0.6 is 0 Å². The van der Waals surface area contributed by atoms with Gasteiger partial charge in [0, 0.05) is 13.1 Å². The van der Waals surface area contributed by atoms with E-state index in [9.17, 15) is 9.59 Å². The predicted molar refractivity (Wildman–Crippen MR) is 53.5 cm³/mol. The molecule has 1 aliphatic rings. The summed E-state index contributed by atoms with van der Waals surface area (Å²) >= 11 is 0. The van der Waals surface area contributed by atoms with E-state index >= 15 is 0 Å². The standard InChI is InChI=1S/C10H17NO4/c1-7(2)3-4-11-5-8(9(12)13)6-15-10(11)14/h7-8H,3-6H2,1-2H3,(H,12,13). The number of rotatable bonds is 4. The average Bonchev–Trinajstić information content (AvgIpc) is 2.16. The summed E-state index contributed by atoms with van der Waals surface area (Å²) in [5, 5.41) is 8.80. The van der Waals surface area contributed by atoms with Gasteiger partial charge < -0.3 is 14.7 Å². The summed E-state index contributed by atoms with van der Waals surface area (Å²) in [6, 6.07) is 0. The number of hydrogen-bond acceptors (Lipinski definition) is 3. The van der Waals surface area contributed by atoms with Gasteiger partial charge in [-0.2, -0.15) is 0 Å². The molecule has 1 saturated heterocycles. The van der Waals surface area contributed by atoms with Gasteiger partial charge in [0.05, 0.1) is 0 Å². The molecule has 5 heteroatoms. The van der Waals surface area contributed by atoms with Gasteiger partial charge in [-0.05, 0) is 12.3 Å². The molecule has 1 rings (SSSR count). The van der Waals surface area contributed by atoms with E-state index in [1.165, 1.54) is 4.90 Å². The van der Waals surface area contributed by atoms with Gasteiger partial charge in [0.25, 0.3) is 0 Å². The minimum Gasteiger partial charge on any atom is -0.481 e. The summed E-state index contributed by atoms with van der Waals surface area (Å²) < 4.78 is 4.80. The number of carboxylic acids is 1. The molecule has 0 spiro atoms. The van der Waals surface area contributed by atoms with Gasteiger partial charge >= 0.3 is 12.1 Å². The number of carbonyl (C=O) groups excluding carboxylic acids is 1. The first kappa shape index (κ1) is 11.8. The Labute approximate surface area is 89.0 Å². The number of amides is 1. The molecule has 1 atom stereocenters. The first-order chi connectivity index (χ1) is 7.00. The molecule has 1 amide bonds. The summed E-state index contributed by atoms with van der Waals surface area (Å²) in [6.45, 7) is 4.95. The molecule has 5 nitrogen and oxygen atoms in total. The van der Waals surface area contributed by atoms with Gasteiger partial charge in [0.1, 0.15) is 12.5 Å². The Kier molecular flexibility index (Phi) is 3.94. The molecule has 1 fully saturated rings. The van der Waals surface area contributed by atoms with Crippen LogP contribution in [0.5, 0.6) is 0 Å². The maximum Gasteiger partial charge on any atom is 0.409 e. The second-order valence-electron chi connectivity index (χ2n) is 4.24. The SMILES string of the molecule is CC(C)CCN1CC(C(=O)O)COC1=O. The molecule has 0 bridgehead atoms. The summed E-state index contributed by atoms with van der Waals surface area (Å²) in [5.41, 5.74) is 0. The number of ether oxygens (including phenoxy) is 1. The minimum atomic E-state index is -0.906. The summed E-state index contributed by atoms with van der Waals surface area (Å²) in [5.74, 6) is -1.00. The van der Waals surface area contributed by atoms with Crippen LogP contribution in [0.3, 0.4) is 0 Å². The van der Waals surface area contributed by atoms with E-state index in [4.69, 9.17) is 9.84 Å². The fourth-order valence-electron chi connectivity index (χ4n) is 1.40. The minimum absolute atomic E-state index is 0.00759. The van der Waals surface area contributed by atoms with Crippen molar-refractivity contribution in [3.8, 4) is 0 Å². The number of aliphatic carboxylic acids is 1. The monoisotopic (exact) mass is 215 g/mol. The van der Waals surface area contributed by atoms with Crippen molar-refractivity contribution < 1.29 is 19.4 Å². The second kappa shape index (κ2) is 5.00. The zero-order valence-corrected chi connectivity index (χ0v) is 9.10.